The first-order chi connectivity index (χ1) is 10.7. The zero-order valence-electron chi connectivity index (χ0n) is 12.6. The highest BCUT2D eigenvalue weighted by Crippen LogP contribution is 2.28. The standard InChI is InChI=1S/C18H21N3O/c19-12-15-9-8-14(11-16(15)20)18(22)21-10-4-3-6-13-5-1-2-7-17(13)21/h1-2,5,7-9,11H,3-4,6,10,12,19-20H2. The fourth-order valence-corrected chi connectivity index (χ4v) is 2.97. The third-order valence-corrected chi connectivity index (χ3v) is 4.22. The summed E-state index contributed by atoms with van der Waals surface area (Å²) in [5, 5.41) is 0. The molecule has 4 nitrogen and oxygen atoms in total. The molecule has 0 bridgehead atoms. The highest BCUT2D eigenvalue weighted by Gasteiger charge is 2.22. The van der Waals surface area contributed by atoms with E-state index in [1.165, 1.54) is 5.56 Å². The Labute approximate surface area is 130 Å². The third kappa shape index (κ3) is 2.70. The van der Waals surface area contributed by atoms with E-state index >= 15 is 0 Å². The lowest BCUT2D eigenvalue weighted by Crippen LogP contribution is -2.31. The maximum absolute atomic E-state index is 12.9. The number of anilines is 2. The summed E-state index contributed by atoms with van der Waals surface area (Å²) < 4.78 is 0. The molecule has 0 saturated heterocycles. The summed E-state index contributed by atoms with van der Waals surface area (Å²) in [6.45, 7) is 1.13. The first-order valence-electron chi connectivity index (χ1n) is 7.69. The second-order valence-electron chi connectivity index (χ2n) is 5.66. The Morgan fingerprint density at radius 2 is 1.95 bits per heavy atom. The number of carbonyl (C=O) groups excluding carboxylic acids is 1. The van der Waals surface area contributed by atoms with E-state index < -0.39 is 0 Å². The fourth-order valence-electron chi connectivity index (χ4n) is 2.97. The Balaban J connectivity index is 1.96. The van der Waals surface area contributed by atoms with Crippen LogP contribution < -0.4 is 16.4 Å². The molecular weight excluding hydrogens is 274 g/mol. The van der Waals surface area contributed by atoms with Gasteiger partial charge in [-0.05, 0) is 48.6 Å². The zero-order valence-corrected chi connectivity index (χ0v) is 12.6. The van der Waals surface area contributed by atoms with Gasteiger partial charge in [-0.1, -0.05) is 24.3 Å². The summed E-state index contributed by atoms with van der Waals surface area (Å²) in [4.78, 5) is 14.8. The van der Waals surface area contributed by atoms with Crippen LogP contribution in [-0.4, -0.2) is 12.5 Å². The smallest absolute Gasteiger partial charge is 0.258 e. The van der Waals surface area contributed by atoms with E-state index in [1.54, 1.807) is 6.07 Å². The molecule has 0 aliphatic carbocycles. The first kappa shape index (κ1) is 14.6. The fraction of sp³-hybridized carbons (Fsp3) is 0.278. The molecule has 0 aromatic heterocycles. The molecule has 0 atom stereocenters. The summed E-state index contributed by atoms with van der Waals surface area (Å²) >= 11 is 0. The molecule has 2 aromatic rings. The van der Waals surface area contributed by atoms with Crippen molar-refractivity contribution in [1.29, 1.82) is 0 Å². The van der Waals surface area contributed by atoms with Crippen molar-refractivity contribution >= 4 is 17.3 Å². The lowest BCUT2D eigenvalue weighted by molar-refractivity contribution is 0.0987. The van der Waals surface area contributed by atoms with Crippen LogP contribution in [0.15, 0.2) is 42.5 Å². The molecule has 3 rings (SSSR count). The first-order valence-corrected chi connectivity index (χ1v) is 7.69. The number of rotatable bonds is 2. The average molecular weight is 295 g/mol. The highest BCUT2D eigenvalue weighted by molar-refractivity contribution is 6.07. The Kier molecular flexibility index (Phi) is 4.11. The van der Waals surface area contributed by atoms with Gasteiger partial charge in [0.25, 0.3) is 5.91 Å². The van der Waals surface area contributed by atoms with E-state index in [0.717, 1.165) is 37.1 Å². The summed E-state index contributed by atoms with van der Waals surface area (Å²) in [5.41, 5.74) is 15.9. The Hall–Kier alpha value is -2.33. The van der Waals surface area contributed by atoms with Crippen LogP contribution in [0.5, 0.6) is 0 Å². The van der Waals surface area contributed by atoms with Gasteiger partial charge < -0.3 is 16.4 Å². The molecule has 114 valence electrons. The topological polar surface area (TPSA) is 72.4 Å². The van der Waals surface area contributed by atoms with Crippen molar-refractivity contribution in [3.63, 3.8) is 0 Å². The Morgan fingerprint density at radius 3 is 2.73 bits per heavy atom. The molecule has 4 heteroatoms. The Morgan fingerprint density at radius 1 is 1.14 bits per heavy atom. The van der Waals surface area contributed by atoms with Gasteiger partial charge in [-0.3, -0.25) is 4.79 Å². The van der Waals surface area contributed by atoms with Crippen molar-refractivity contribution < 1.29 is 4.79 Å². The number of nitrogen functional groups attached to an aromatic ring is 1. The summed E-state index contributed by atoms with van der Waals surface area (Å²) in [7, 11) is 0. The van der Waals surface area contributed by atoms with E-state index in [9.17, 15) is 4.79 Å². The molecule has 1 amide bonds. The molecule has 0 fully saturated rings. The number of nitrogens with two attached hydrogens (primary N) is 2. The number of fused-ring (bicyclic) bond motifs is 1. The monoisotopic (exact) mass is 295 g/mol. The molecule has 0 spiro atoms. The van der Waals surface area contributed by atoms with E-state index in [2.05, 4.69) is 6.07 Å². The van der Waals surface area contributed by atoms with Crippen LogP contribution in [0.1, 0.15) is 34.3 Å². The largest absolute Gasteiger partial charge is 0.398 e. The van der Waals surface area contributed by atoms with Gasteiger partial charge >= 0.3 is 0 Å². The second-order valence-corrected chi connectivity index (χ2v) is 5.66. The van der Waals surface area contributed by atoms with Crippen molar-refractivity contribution in [3.8, 4) is 0 Å². The van der Waals surface area contributed by atoms with Crippen LogP contribution in [0.4, 0.5) is 11.4 Å². The van der Waals surface area contributed by atoms with E-state index in [0.29, 0.717) is 17.8 Å². The van der Waals surface area contributed by atoms with Gasteiger partial charge in [0.15, 0.2) is 0 Å². The predicted octanol–water partition coefficient (Wildman–Crippen LogP) is 2.71. The van der Waals surface area contributed by atoms with Crippen molar-refractivity contribution in [2.45, 2.75) is 25.8 Å². The lowest BCUT2D eigenvalue weighted by atomic mass is 10.1. The molecule has 1 aliphatic heterocycles. The molecule has 0 saturated carbocycles. The number of nitrogens with zero attached hydrogens (tertiary/aromatic N) is 1. The van der Waals surface area contributed by atoms with Crippen molar-refractivity contribution in [2.24, 2.45) is 5.73 Å². The summed E-state index contributed by atoms with van der Waals surface area (Å²) in [6, 6.07) is 13.5. The van der Waals surface area contributed by atoms with Crippen LogP contribution in [0.25, 0.3) is 0 Å². The number of benzene rings is 2. The summed E-state index contributed by atoms with van der Waals surface area (Å²) in [5.74, 6) is 0.00428. The van der Waals surface area contributed by atoms with Gasteiger partial charge in [0.2, 0.25) is 0 Å². The quantitative estimate of drug-likeness (QED) is 0.837. The number of para-hydroxylation sites is 1. The van der Waals surface area contributed by atoms with Gasteiger partial charge in [0.05, 0.1) is 0 Å². The van der Waals surface area contributed by atoms with Crippen LogP contribution >= 0.6 is 0 Å². The van der Waals surface area contributed by atoms with Crippen LogP contribution in [0.2, 0.25) is 0 Å². The normalized spacial score (nSPS) is 14.3. The van der Waals surface area contributed by atoms with Crippen molar-refractivity contribution in [2.75, 3.05) is 17.2 Å². The predicted molar refractivity (Wildman–Crippen MR) is 89.8 cm³/mol. The van der Waals surface area contributed by atoms with Gasteiger partial charge in [0, 0.05) is 30.0 Å². The second kappa shape index (κ2) is 6.20. The van der Waals surface area contributed by atoms with Crippen molar-refractivity contribution in [1.82, 2.24) is 0 Å². The molecule has 0 unspecified atom stereocenters. The molecule has 2 aromatic carbocycles. The minimum Gasteiger partial charge on any atom is -0.398 e. The maximum atomic E-state index is 12.9. The Bertz CT molecular complexity index is 696. The number of carbonyl (C=O) groups is 1. The zero-order chi connectivity index (χ0) is 15.5. The molecule has 22 heavy (non-hydrogen) atoms. The van der Waals surface area contributed by atoms with Crippen LogP contribution in [0.3, 0.4) is 0 Å². The van der Waals surface area contributed by atoms with Crippen LogP contribution in [-0.2, 0) is 13.0 Å². The minimum atomic E-state index is 0.00428. The summed E-state index contributed by atoms with van der Waals surface area (Å²) in [6.07, 6.45) is 3.14. The average Bonchev–Trinajstić information content (AvgIpc) is 2.76. The van der Waals surface area contributed by atoms with Gasteiger partial charge in [-0.2, -0.15) is 0 Å². The number of hydrogen-bond acceptors (Lipinski definition) is 3. The molecular formula is C18H21N3O. The number of amides is 1. The van der Waals surface area contributed by atoms with E-state index in [-0.39, 0.29) is 5.91 Å². The highest BCUT2D eigenvalue weighted by atomic mass is 16.2. The SMILES string of the molecule is NCc1ccc(C(=O)N2CCCCc3ccccc32)cc1N. The molecule has 1 aliphatic rings. The van der Waals surface area contributed by atoms with Gasteiger partial charge in [0.1, 0.15) is 0 Å². The van der Waals surface area contributed by atoms with Crippen molar-refractivity contribution in [3.05, 3.63) is 59.2 Å². The maximum Gasteiger partial charge on any atom is 0.258 e. The van der Waals surface area contributed by atoms with Gasteiger partial charge in [-0.15, -0.1) is 0 Å². The van der Waals surface area contributed by atoms with Gasteiger partial charge in [-0.25, -0.2) is 0 Å². The third-order valence-electron chi connectivity index (χ3n) is 4.22. The van der Waals surface area contributed by atoms with E-state index in [1.807, 2.05) is 35.2 Å². The molecule has 4 N–H and O–H groups in total. The number of aryl methyl sites for hydroxylation is 1. The molecule has 1 heterocycles. The van der Waals surface area contributed by atoms with E-state index in [4.69, 9.17) is 11.5 Å². The lowest BCUT2D eigenvalue weighted by Gasteiger charge is -2.23. The minimum absolute atomic E-state index is 0.00428. The number of hydrogen-bond donors (Lipinski definition) is 2. The van der Waals surface area contributed by atoms with Crippen LogP contribution in [0, 0.1) is 0 Å². The molecule has 0 radical (unpaired) electrons.